The van der Waals surface area contributed by atoms with E-state index >= 15 is 0 Å². The van der Waals surface area contributed by atoms with Crippen molar-refractivity contribution in [2.75, 3.05) is 38.5 Å². The molecular weight excluding hydrogens is 505 g/mol. The third-order valence-corrected chi connectivity index (χ3v) is 5.81. The molecule has 0 saturated carbocycles. The van der Waals surface area contributed by atoms with Gasteiger partial charge in [0.25, 0.3) is 11.8 Å². The molecule has 3 N–H and O–H groups in total. The number of rotatable bonds is 6. The first-order valence-electron chi connectivity index (χ1n) is 11.4. The maximum atomic E-state index is 12.7. The Bertz CT molecular complexity index is 1360. The first kappa shape index (κ1) is 26.5. The van der Waals surface area contributed by atoms with Crippen molar-refractivity contribution in [3.63, 3.8) is 0 Å². The second-order valence-electron chi connectivity index (χ2n) is 8.55. The van der Waals surface area contributed by atoms with Crippen LogP contribution in [-0.4, -0.2) is 77.0 Å². The van der Waals surface area contributed by atoms with Gasteiger partial charge in [0.15, 0.2) is 0 Å². The Morgan fingerprint density at radius 2 is 1.68 bits per heavy atom. The molecule has 38 heavy (non-hydrogen) atoms. The van der Waals surface area contributed by atoms with Crippen LogP contribution in [0, 0.1) is 0 Å². The van der Waals surface area contributed by atoms with Crippen LogP contribution >= 0.6 is 0 Å². The number of nitrogens with one attached hydrogen (secondary N) is 1. The molecule has 0 atom stereocenters. The quantitative estimate of drug-likeness (QED) is 0.369. The molecule has 2 amide bonds. The molecular formula is C25H23F3N6O4. The van der Waals surface area contributed by atoms with E-state index in [0.29, 0.717) is 30.2 Å². The fourth-order valence-electron chi connectivity index (χ4n) is 3.73. The Labute approximate surface area is 215 Å². The number of nitrogens with zero attached hydrogens (tertiary/aromatic N) is 4. The van der Waals surface area contributed by atoms with Crippen molar-refractivity contribution in [3.05, 3.63) is 66.0 Å². The third-order valence-electron chi connectivity index (χ3n) is 5.81. The summed E-state index contributed by atoms with van der Waals surface area (Å²) >= 11 is 0. The van der Waals surface area contributed by atoms with Gasteiger partial charge in [0.1, 0.15) is 11.6 Å². The molecule has 4 rings (SSSR count). The van der Waals surface area contributed by atoms with E-state index in [1.54, 1.807) is 29.2 Å². The van der Waals surface area contributed by atoms with Crippen LogP contribution in [0.3, 0.4) is 0 Å². The van der Waals surface area contributed by atoms with Crippen LogP contribution in [0.15, 0.2) is 54.9 Å². The number of hydrogen-bond acceptors (Lipinski definition) is 8. The van der Waals surface area contributed by atoms with E-state index < -0.39 is 29.4 Å². The number of carbonyl (C=O) groups is 3. The number of primary amides is 1. The van der Waals surface area contributed by atoms with Crippen molar-refractivity contribution >= 4 is 29.3 Å². The fourth-order valence-corrected chi connectivity index (χ4v) is 3.73. The number of halogens is 3. The molecule has 198 valence electrons. The van der Waals surface area contributed by atoms with Gasteiger partial charge in [-0.2, -0.15) is 13.2 Å². The number of amides is 2. The maximum Gasteiger partial charge on any atom is 0.491 e. The summed E-state index contributed by atoms with van der Waals surface area (Å²) in [5.74, 6) is -3.97. The molecule has 0 spiro atoms. The Morgan fingerprint density at radius 1 is 1.00 bits per heavy atom. The van der Waals surface area contributed by atoms with Crippen molar-refractivity contribution in [1.29, 1.82) is 0 Å². The van der Waals surface area contributed by atoms with Gasteiger partial charge in [-0.1, -0.05) is 6.07 Å². The Balaban J connectivity index is 1.51. The van der Waals surface area contributed by atoms with Crippen LogP contribution in [0.4, 0.5) is 24.7 Å². The molecule has 1 fully saturated rings. The number of nitrogens with two attached hydrogens (primary N) is 1. The lowest BCUT2D eigenvalue weighted by molar-refractivity contribution is -0.189. The number of piperazine rings is 1. The number of ether oxygens (including phenoxy) is 1. The summed E-state index contributed by atoms with van der Waals surface area (Å²) in [6.07, 6.45) is -2.49. The predicted octanol–water partition coefficient (Wildman–Crippen LogP) is 2.84. The molecule has 0 bridgehead atoms. The second kappa shape index (κ2) is 10.8. The lowest BCUT2D eigenvalue weighted by Crippen LogP contribution is -2.47. The lowest BCUT2D eigenvalue weighted by atomic mass is 10.1. The third kappa shape index (κ3) is 6.24. The van der Waals surface area contributed by atoms with E-state index in [1.807, 2.05) is 7.05 Å². The molecule has 1 aromatic heterocycles. The summed E-state index contributed by atoms with van der Waals surface area (Å²) < 4.78 is 42.4. The Hall–Kier alpha value is -4.52. The molecule has 2 aromatic carbocycles. The maximum absolute atomic E-state index is 12.7. The average Bonchev–Trinajstić information content (AvgIpc) is 2.88. The lowest BCUT2D eigenvalue weighted by Gasteiger charge is -2.32. The highest BCUT2D eigenvalue weighted by Crippen LogP contribution is 2.29. The van der Waals surface area contributed by atoms with Gasteiger partial charge in [-0.3, -0.25) is 14.6 Å². The summed E-state index contributed by atoms with van der Waals surface area (Å²) in [6, 6.07) is 10.4. The van der Waals surface area contributed by atoms with Crippen molar-refractivity contribution in [2.45, 2.75) is 6.18 Å². The molecule has 0 radical (unpaired) electrons. The molecule has 1 aliphatic rings. The van der Waals surface area contributed by atoms with Gasteiger partial charge in [0.05, 0.1) is 23.7 Å². The van der Waals surface area contributed by atoms with Gasteiger partial charge < -0.3 is 25.6 Å². The summed E-state index contributed by atoms with van der Waals surface area (Å²) in [5, 5.41) is 3.05. The number of anilines is 2. The van der Waals surface area contributed by atoms with Crippen LogP contribution in [0.25, 0.3) is 11.3 Å². The van der Waals surface area contributed by atoms with E-state index in [0.717, 1.165) is 25.2 Å². The van der Waals surface area contributed by atoms with Crippen LogP contribution in [-0.2, 0) is 4.79 Å². The van der Waals surface area contributed by atoms with Gasteiger partial charge in [0, 0.05) is 43.0 Å². The Morgan fingerprint density at radius 3 is 2.32 bits per heavy atom. The summed E-state index contributed by atoms with van der Waals surface area (Å²) in [7, 11) is 2.01. The normalized spacial score (nSPS) is 14.2. The average molecular weight is 528 g/mol. The fraction of sp³-hybridized carbons (Fsp3) is 0.240. The predicted molar refractivity (Wildman–Crippen MR) is 131 cm³/mol. The summed E-state index contributed by atoms with van der Waals surface area (Å²) in [6.45, 7) is 2.96. The monoisotopic (exact) mass is 528 g/mol. The van der Waals surface area contributed by atoms with Crippen LogP contribution < -0.4 is 15.8 Å². The molecule has 1 saturated heterocycles. The minimum atomic E-state index is -5.26. The number of aromatic nitrogens is 2. The number of benzene rings is 2. The molecule has 0 unspecified atom stereocenters. The highest BCUT2D eigenvalue weighted by molar-refractivity contribution is 5.97. The largest absolute Gasteiger partial charge is 0.491 e. The zero-order valence-corrected chi connectivity index (χ0v) is 20.2. The van der Waals surface area contributed by atoms with Gasteiger partial charge in [-0.05, 0) is 43.4 Å². The van der Waals surface area contributed by atoms with Crippen molar-refractivity contribution < 1.29 is 32.3 Å². The van der Waals surface area contributed by atoms with E-state index in [-0.39, 0.29) is 17.2 Å². The SMILES string of the molecule is CN1CCN(C(=O)c2ccc(Nc3cncc(-c4ccc(C(N)=O)c(OC(=O)C(F)(F)F)c4)n3)cc2)CC1. The summed E-state index contributed by atoms with van der Waals surface area (Å²) in [4.78, 5) is 48.1. The smallest absolute Gasteiger partial charge is 0.419 e. The molecule has 3 aromatic rings. The molecule has 13 heteroatoms. The van der Waals surface area contributed by atoms with Gasteiger partial charge in [-0.25, -0.2) is 9.78 Å². The minimum Gasteiger partial charge on any atom is -0.419 e. The van der Waals surface area contributed by atoms with Crippen molar-refractivity contribution in [3.8, 4) is 17.0 Å². The second-order valence-corrected chi connectivity index (χ2v) is 8.55. The highest BCUT2D eigenvalue weighted by Gasteiger charge is 2.42. The minimum absolute atomic E-state index is 0.0483. The Kier molecular flexibility index (Phi) is 7.57. The molecule has 0 aliphatic carbocycles. The number of alkyl halides is 3. The summed E-state index contributed by atoms with van der Waals surface area (Å²) in [5.41, 5.74) is 6.41. The zero-order chi connectivity index (χ0) is 27.4. The zero-order valence-electron chi connectivity index (χ0n) is 20.2. The standard InChI is InChI=1S/C25H23F3N6O4/c1-33-8-10-34(11-9-33)23(36)15-2-5-17(6-3-15)31-21-14-30-13-19(32-21)16-4-7-18(22(29)35)20(12-16)38-24(37)25(26,27)28/h2-7,12-14H,8-11H2,1H3,(H2,29,35)(H,31,32). The van der Waals surface area contributed by atoms with Crippen LogP contribution in [0.1, 0.15) is 20.7 Å². The topological polar surface area (TPSA) is 131 Å². The number of likely N-dealkylation sites (N-methyl/N-ethyl adjacent to an activating group) is 1. The first-order chi connectivity index (χ1) is 18.0. The molecule has 10 nitrogen and oxygen atoms in total. The first-order valence-corrected chi connectivity index (χ1v) is 11.4. The van der Waals surface area contributed by atoms with E-state index in [9.17, 15) is 27.6 Å². The number of esters is 1. The van der Waals surface area contributed by atoms with Crippen molar-refractivity contribution in [2.24, 2.45) is 5.73 Å². The highest BCUT2D eigenvalue weighted by atomic mass is 19.4. The number of carbonyl (C=O) groups excluding carboxylic acids is 3. The van der Waals surface area contributed by atoms with Crippen molar-refractivity contribution in [1.82, 2.24) is 19.8 Å². The van der Waals surface area contributed by atoms with E-state index in [4.69, 9.17) is 5.73 Å². The van der Waals surface area contributed by atoms with E-state index in [1.165, 1.54) is 18.5 Å². The number of hydrogen-bond donors (Lipinski definition) is 2. The van der Waals surface area contributed by atoms with Gasteiger partial charge in [0.2, 0.25) is 0 Å². The van der Waals surface area contributed by atoms with Crippen LogP contribution in [0.5, 0.6) is 5.75 Å². The van der Waals surface area contributed by atoms with Gasteiger partial charge >= 0.3 is 12.1 Å². The van der Waals surface area contributed by atoms with Gasteiger partial charge in [-0.15, -0.1) is 0 Å². The van der Waals surface area contributed by atoms with E-state index in [2.05, 4.69) is 24.9 Å². The molecule has 2 heterocycles. The molecule has 1 aliphatic heterocycles. The van der Waals surface area contributed by atoms with Crippen LogP contribution in [0.2, 0.25) is 0 Å².